The monoisotopic (exact) mass is 295 g/mol. The first-order chi connectivity index (χ1) is 9.94. The van der Waals surface area contributed by atoms with Crippen molar-refractivity contribution in [1.29, 1.82) is 0 Å². The van der Waals surface area contributed by atoms with E-state index < -0.39 is 5.92 Å². The summed E-state index contributed by atoms with van der Waals surface area (Å²) in [5, 5.41) is 14.4. The smallest absolute Gasteiger partial charge is 0.235 e. The highest BCUT2D eigenvalue weighted by atomic mass is 16.5. The van der Waals surface area contributed by atoms with Crippen LogP contribution in [0.3, 0.4) is 0 Å². The molecule has 1 aromatic carbocycles. The first-order valence-corrected chi connectivity index (χ1v) is 6.44. The van der Waals surface area contributed by atoms with Crippen LogP contribution in [0.5, 0.6) is 11.5 Å². The maximum Gasteiger partial charge on any atom is 0.235 e. The zero-order valence-electron chi connectivity index (χ0n) is 12.6. The van der Waals surface area contributed by atoms with Crippen molar-refractivity contribution in [2.24, 2.45) is 22.7 Å². The number of nitrogens with one attached hydrogen (secondary N) is 1. The van der Waals surface area contributed by atoms with Crippen LogP contribution in [-0.4, -0.2) is 31.2 Å². The third-order valence-corrected chi connectivity index (χ3v) is 3.05. The number of amides is 1. The molecule has 1 rings (SSSR count). The molecule has 116 valence electrons. The van der Waals surface area contributed by atoms with Crippen molar-refractivity contribution in [3.63, 3.8) is 0 Å². The van der Waals surface area contributed by atoms with Gasteiger partial charge in [-0.2, -0.15) is 0 Å². The summed E-state index contributed by atoms with van der Waals surface area (Å²) >= 11 is 0. The molecule has 7 nitrogen and oxygen atoms in total. The number of carbonyl (C=O) groups excluding carboxylic acids is 1. The predicted molar refractivity (Wildman–Crippen MR) is 79.9 cm³/mol. The fourth-order valence-corrected chi connectivity index (χ4v) is 1.95. The molecule has 1 aromatic rings. The summed E-state index contributed by atoms with van der Waals surface area (Å²) in [4.78, 5) is 12.3. The summed E-state index contributed by atoms with van der Waals surface area (Å²) in [5.41, 5.74) is 6.06. The topological polar surface area (TPSA) is 106 Å². The Morgan fingerprint density at radius 3 is 2.48 bits per heavy atom. The molecule has 0 aliphatic carbocycles. The standard InChI is InChI=1S/C14H21N3O4/c1-8(2)12(13(15)17-19)14(18)16-10-6-5-9(20-3)7-11(10)21-4/h5-8,12,19H,1-4H3,(H2,15,17)(H,16,18). The van der Waals surface area contributed by atoms with Gasteiger partial charge in [0.2, 0.25) is 5.91 Å². The number of nitrogens with two attached hydrogens (primary N) is 1. The van der Waals surface area contributed by atoms with Crippen molar-refractivity contribution in [2.75, 3.05) is 19.5 Å². The molecule has 1 amide bonds. The third kappa shape index (κ3) is 4.01. The number of carbonyl (C=O) groups is 1. The van der Waals surface area contributed by atoms with Crippen molar-refractivity contribution in [3.05, 3.63) is 18.2 Å². The van der Waals surface area contributed by atoms with Crippen molar-refractivity contribution in [3.8, 4) is 11.5 Å². The van der Waals surface area contributed by atoms with Crippen molar-refractivity contribution < 1.29 is 19.5 Å². The summed E-state index contributed by atoms with van der Waals surface area (Å²) in [6.07, 6.45) is 0. The number of benzene rings is 1. The van der Waals surface area contributed by atoms with Crippen LogP contribution in [0, 0.1) is 11.8 Å². The van der Waals surface area contributed by atoms with Crippen molar-refractivity contribution in [2.45, 2.75) is 13.8 Å². The van der Waals surface area contributed by atoms with Crippen molar-refractivity contribution in [1.82, 2.24) is 0 Å². The first-order valence-electron chi connectivity index (χ1n) is 6.44. The Labute approximate surface area is 123 Å². The Kier molecular flexibility index (Phi) is 5.83. The lowest BCUT2D eigenvalue weighted by Gasteiger charge is -2.19. The normalized spacial score (nSPS) is 12.9. The molecule has 1 atom stereocenters. The lowest BCUT2D eigenvalue weighted by molar-refractivity contribution is -0.119. The van der Waals surface area contributed by atoms with E-state index >= 15 is 0 Å². The fraction of sp³-hybridized carbons (Fsp3) is 0.429. The van der Waals surface area contributed by atoms with E-state index in [9.17, 15) is 4.79 Å². The van der Waals surface area contributed by atoms with Crippen LogP contribution in [0.15, 0.2) is 23.4 Å². The van der Waals surface area contributed by atoms with Gasteiger partial charge in [0.25, 0.3) is 0 Å². The molecule has 0 spiro atoms. The second kappa shape index (κ2) is 7.37. The molecular formula is C14H21N3O4. The molecule has 0 saturated heterocycles. The van der Waals surface area contributed by atoms with Gasteiger partial charge in [-0.05, 0) is 18.1 Å². The summed E-state index contributed by atoms with van der Waals surface area (Å²) < 4.78 is 10.3. The van der Waals surface area contributed by atoms with E-state index in [4.69, 9.17) is 20.4 Å². The molecule has 0 aliphatic heterocycles. The van der Waals surface area contributed by atoms with Gasteiger partial charge in [-0.15, -0.1) is 0 Å². The number of ether oxygens (including phenoxy) is 2. The van der Waals surface area contributed by atoms with Gasteiger partial charge in [-0.1, -0.05) is 19.0 Å². The maximum atomic E-state index is 12.3. The van der Waals surface area contributed by atoms with E-state index in [1.54, 1.807) is 25.3 Å². The Bertz CT molecular complexity index is 529. The van der Waals surface area contributed by atoms with Gasteiger partial charge < -0.3 is 25.7 Å². The number of hydrogen-bond acceptors (Lipinski definition) is 5. The number of oxime groups is 1. The maximum absolute atomic E-state index is 12.3. The van der Waals surface area contributed by atoms with Crippen LogP contribution in [0.2, 0.25) is 0 Å². The Balaban J connectivity index is 3.01. The molecule has 4 N–H and O–H groups in total. The van der Waals surface area contributed by atoms with Crippen LogP contribution in [0.25, 0.3) is 0 Å². The number of amidine groups is 1. The highest BCUT2D eigenvalue weighted by Crippen LogP contribution is 2.29. The Morgan fingerprint density at radius 1 is 1.33 bits per heavy atom. The third-order valence-electron chi connectivity index (χ3n) is 3.05. The van der Waals surface area contributed by atoms with Gasteiger partial charge in [-0.25, -0.2) is 0 Å². The number of hydrogen-bond donors (Lipinski definition) is 3. The quantitative estimate of drug-likeness (QED) is 0.320. The molecule has 0 saturated carbocycles. The van der Waals surface area contributed by atoms with Gasteiger partial charge >= 0.3 is 0 Å². The van der Waals surface area contributed by atoms with Crippen LogP contribution in [0.4, 0.5) is 5.69 Å². The Morgan fingerprint density at radius 2 is 2.00 bits per heavy atom. The molecule has 7 heteroatoms. The SMILES string of the molecule is COc1ccc(NC(=O)C(C(N)=NO)C(C)C)c(OC)c1. The molecule has 0 bridgehead atoms. The van der Waals surface area contributed by atoms with Crippen LogP contribution in [0.1, 0.15) is 13.8 Å². The lowest BCUT2D eigenvalue weighted by Crippen LogP contribution is -2.38. The molecule has 21 heavy (non-hydrogen) atoms. The number of nitrogens with zero attached hydrogens (tertiary/aromatic N) is 1. The highest BCUT2D eigenvalue weighted by Gasteiger charge is 2.27. The Hall–Kier alpha value is -2.44. The minimum Gasteiger partial charge on any atom is -0.497 e. The largest absolute Gasteiger partial charge is 0.497 e. The van der Waals surface area contributed by atoms with Gasteiger partial charge in [0.05, 0.1) is 19.9 Å². The van der Waals surface area contributed by atoms with Gasteiger partial charge in [-0.3, -0.25) is 4.79 Å². The average Bonchev–Trinajstić information content (AvgIpc) is 2.47. The molecule has 0 radical (unpaired) electrons. The van der Waals surface area contributed by atoms with E-state index in [0.717, 1.165) is 0 Å². The van der Waals surface area contributed by atoms with E-state index in [0.29, 0.717) is 17.2 Å². The molecular weight excluding hydrogens is 274 g/mol. The van der Waals surface area contributed by atoms with Crippen LogP contribution >= 0.6 is 0 Å². The zero-order valence-corrected chi connectivity index (χ0v) is 12.6. The molecule has 0 heterocycles. The molecule has 0 fully saturated rings. The van der Waals surface area contributed by atoms with E-state index in [1.165, 1.54) is 7.11 Å². The van der Waals surface area contributed by atoms with E-state index in [1.807, 2.05) is 13.8 Å². The number of rotatable bonds is 6. The fourth-order valence-electron chi connectivity index (χ4n) is 1.95. The van der Waals surface area contributed by atoms with Crippen LogP contribution in [-0.2, 0) is 4.79 Å². The first kappa shape index (κ1) is 16.6. The van der Waals surface area contributed by atoms with Crippen molar-refractivity contribution >= 4 is 17.4 Å². The van der Waals surface area contributed by atoms with Gasteiger partial charge in [0.15, 0.2) is 5.84 Å². The van der Waals surface area contributed by atoms with Crippen LogP contribution < -0.4 is 20.5 Å². The minimum atomic E-state index is -0.734. The zero-order chi connectivity index (χ0) is 16.0. The lowest BCUT2D eigenvalue weighted by atomic mass is 9.93. The summed E-state index contributed by atoms with van der Waals surface area (Å²) in [7, 11) is 3.04. The highest BCUT2D eigenvalue weighted by molar-refractivity contribution is 6.08. The van der Waals surface area contributed by atoms with Gasteiger partial charge in [0, 0.05) is 6.07 Å². The average molecular weight is 295 g/mol. The van der Waals surface area contributed by atoms with E-state index in [-0.39, 0.29) is 17.7 Å². The second-order valence-corrected chi connectivity index (χ2v) is 4.80. The minimum absolute atomic E-state index is 0.120. The summed E-state index contributed by atoms with van der Waals surface area (Å²) in [6, 6.07) is 5.02. The predicted octanol–water partition coefficient (Wildman–Crippen LogP) is 1.66. The van der Waals surface area contributed by atoms with Gasteiger partial charge in [0.1, 0.15) is 17.4 Å². The molecule has 0 aliphatic rings. The van der Waals surface area contributed by atoms with E-state index in [2.05, 4.69) is 10.5 Å². The second-order valence-electron chi connectivity index (χ2n) is 4.80. The number of anilines is 1. The number of methoxy groups -OCH3 is 2. The molecule has 0 aromatic heterocycles. The molecule has 1 unspecified atom stereocenters. The summed E-state index contributed by atoms with van der Waals surface area (Å²) in [6.45, 7) is 3.63. The summed E-state index contributed by atoms with van der Waals surface area (Å²) in [5.74, 6) is -0.280.